The van der Waals surface area contributed by atoms with Crippen LogP contribution in [0.3, 0.4) is 0 Å². The lowest BCUT2D eigenvalue weighted by molar-refractivity contribution is 0.550. The van der Waals surface area contributed by atoms with Gasteiger partial charge in [0.15, 0.2) is 0 Å². The van der Waals surface area contributed by atoms with Crippen LogP contribution in [-0.4, -0.2) is 0 Å². The number of hydrogen-bond acceptors (Lipinski definition) is 2. The lowest BCUT2D eigenvalue weighted by atomic mass is 9.98. The van der Waals surface area contributed by atoms with Gasteiger partial charge in [-0.05, 0) is 70.8 Å². The topological polar surface area (TPSA) is 38.0 Å². The summed E-state index contributed by atoms with van der Waals surface area (Å²) in [7, 11) is 0. The van der Waals surface area contributed by atoms with Crippen LogP contribution in [0.5, 0.6) is 0 Å². The van der Waals surface area contributed by atoms with Gasteiger partial charge in [-0.2, -0.15) is 0 Å². The first-order chi connectivity index (χ1) is 9.10. The van der Waals surface area contributed by atoms with E-state index in [9.17, 15) is 0 Å². The van der Waals surface area contributed by atoms with Crippen LogP contribution < -0.4 is 11.3 Å². The predicted molar refractivity (Wildman–Crippen MR) is 91.8 cm³/mol. The zero-order valence-corrected chi connectivity index (χ0v) is 14.4. The SMILES string of the molecule is Cc1ccc(C(Cc2ccc(I)cc2)NN)c(Br)c1. The van der Waals surface area contributed by atoms with Gasteiger partial charge in [-0.25, -0.2) is 0 Å². The largest absolute Gasteiger partial charge is 0.271 e. The Balaban J connectivity index is 2.22. The molecule has 2 aromatic carbocycles. The van der Waals surface area contributed by atoms with E-state index in [4.69, 9.17) is 5.84 Å². The maximum absolute atomic E-state index is 5.72. The minimum absolute atomic E-state index is 0.107. The van der Waals surface area contributed by atoms with E-state index in [1.807, 2.05) is 0 Å². The maximum atomic E-state index is 5.72. The highest BCUT2D eigenvalue weighted by atomic mass is 127. The highest BCUT2D eigenvalue weighted by Gasteiger charge is 2.13. The second-order valence-electron chi connectivity index (χ2n) is 4.57. The Morgan fingerprint density at radius 3 is 2.47 bits per heavy atom. The van der Waals surface area contributed by atoms with Crippen molar-refractivity contribution in [1.29, 1.82) is 0 Å². The summed E-state index contributed by atoms with van der Waals surface area (Å²) in [6.45, 7) is 2.08. The van der Waals surface area contributed by atoms with E-state index in [1.165, 1.54) is 20.3 Å². The molecule has 0 fully saturated rings. The first-order valence-corrected chi connectivity index (χ1v) is 7.94. The molecule has 0 aromatic heterocycles. The number of halogens is 2. The monoisotopic (exact) mass is 430 g/mol. The van der Waals surface area contributed by atoms with Crippen LogP contribution in [0, 0.1) is 10.5 Å². The quantitative estimate of drug-likeness (QED) is 0.435. The standard InChI is InChI=1S/C15H16BrIN2/c1-10-2-7-13(14(16)8-10)15(19-18)9-11-3-5-12(17)6-4-11/h2-8,15,19H,9,18H2,1H3. The summed E-state index contributed by atoms with van der Waals surface area (Å²) in [4.78, 5) is 0. The summed E-state index contributed by atoms with van der Waals surface area (Å²) >= 11 is 5.93. The number of rotatable bonds is 4. The van der Waals surface area contributed by atoms with Gasteiger partial charge in [0.2, 0.25) is 0 Å². The van der Waals surface area contributed by atoms with Gasteiger partial charge < -0.3 is 0 Å². The number of benzene rings is 2. The van der Waals surface area contributed by atoms with Crippen molar-refractivity contribution in [2.24, 2.45) is 5.84 Å². The van der Waals surface area contributed by atoms with Crippen LogP contribution >= 0.6 is 38.5 Å². The molecule has 2 aromatic rings. The zero-order valence-electron chi connectivity index (χ0n) is 10.7. The highest BCUT2D eigenvalue weighted by Crippen LogP contribution is 2.26. The van der Waals surface area contributed by atoms with Gasteiger partial charge in [-0.15, -0.1) is 0 Å². The van der Waals surface area contributed by atoms with Crippen LogP contribution in [-0.2, 0) is 6.42 Å². The van der Waals surface area contributed by atoms with E-state index in [0.29, 0.717) is 0 Å². The molecular formula is C15H16BrIN2. The fourth-order valence-corrected chi connectivity index (χ4v) is 3.16. The summed E-state index contributed by atoms with van der Waals surface area (Å²) in [5.41, 5.74) is 6.61. The Labute approximate surface area is 136 Å². The Bertz CT molecular complexity index is 555. The Morgan fingerprint density at radius 1 is 1.21 bits per heavy atom. The van der Waals surface area contributed by atoms with Crippen LogP contribution in [0.1, 0.15) is 22.7 Å². The molecule has 3 N–H and O–H groups in total. The van der Waals surface area contributed by atoms with Crippen LogP contribution in [0.4, 0.5) is 0 Å². The summed E-state index contributed by atoms with van der Waals surface area (Å²) in [6, 6.07) is 15.0. The van der Waals surface area contributed by atoms with E-state index in [1.54, 1.807) is 0 Å². The maximum Gasteiger partial charge on any atom is 0.0511 e. The molecule has 0 aliphatic rings. The molecule has 19 heavy (non-hydrogen) atoms. The van der Waals surface area contributed by atoms with Crippen molar-refractivity contribution in [3.63, 3.8) is 0 Å². The third-order valence-electron chi connectivity index (χ3n) is 3.09. The summed E-state index contributed by atoms with van der Waals surface area (Å²) in [6.07, 6.45) is 0.870. The average molecular weight is 431 g/mol. The molecule has 0 radical (unpaired) electrons. The molecule has 2 nitrogen and oxygen atoms in total. The normalized spacial score (nSPS) is 12.4. The third kappa shape index (κ3) is 4.02. The van der Waals surface area contributed by atoms with Crippen molar-refractivity contribution >= 4 is 38.5 Å². The number of hydrogen-bond donors (Lipinski definition) is 2. The van der Waals surface area contributed by atoms with Gasteiger partial charge in [0.1, 0.15) is 0 Å². The fourth-order valence-electron chi connectivity index (χ4n) is 2.03. The van der Waals surface area contributed by atoms with Gasteiger partial charge in [-0.3, -0.25) is 11.3 Å². The second-order valence-corrected chi connectivity index (χ2v) is 6.67. The van der Waals surface area contributed by atoms with Crippen molar-refractivity contribution in [3.05, 3.63) is 67.2 Å². The van der Waals surface area contributed by atoms with Crippen molar-refractivity contribution in [2.45, 2.75) is 19.4 Å². The van der Waals surface area contributed by atoms with E-state index < -0.39 is 0 Å². The highest BCUT2D eigenvalue weighted by molar-refractivity contribution is 14.1. The minimum Gasteiger partial charge on any atom is -0.271 e. The van der Waals surface area contributed by atoms with E-state index in [2.05, 4.69) is 93.3 Å². The second kappa shape index (κ2) is 6.83. The molecule has 0 spiro atoms. The Hall–Kier alpha value is -0.430. The third-order valence-corrected chi connectivity index (χ3v) is 4.49. The molecule has 4 heteroatoms. The lowest BCUT2D eigenvalue weighted by Gasteiger charge is -2.18. The van der Waals surface area contributed by atoms with Crippen LogP contribution in [0.2, 0.25) is 0 Å². The van der Waals surface area contributed by atoms with Crippen molar-refractivity contribution < 1.29 is 0 Å². The molecule has 0 aliphatic heterocycles. The van der Waals surface area contributed by atoms with E-state index in [-0.39, 0.29) is 6.04 Å². The molecule has 0 saturated heterocycles. The molecular weight excluding hydrogens is 415 g/mol. The number of nitrogens with one attached hydrogen (secondary N) is 1. The number of nitrogens with two attached hydrogens (primary N) is 1. The molecule has 2 rings (SSSR count). The molecule has 1 atom stereocenters. The van der Waals surface area contributed by atoms with Crippen molar-refractivity contribution in [3.8, 4) is 0 Å². The number of aryl methyl sites for hydroxylation is 1. The average Bonchev–Trinajstić information content (AvgIpc) is 2.39. The summed E-state index contributed by atoms with van der Waals surface area (Å²) in [5.74, 6) is 5.72. The fraction of sp³-hybridized carbons (Fsp3) is 0.200. The summed E-state index contributed by atoms with van der Waals surface area (Å²) < 4.78 is 2.34. The molecule has 0 bridgehead atoms. The predicted octanol–water partition coefficient (Wildman–Crippen LogP) is 4.11. The minimum atomic E-state index is 0.107. The van der Waals surface area contributed by atoms with Gasteiger partial charge in [-0.1, -0.05) is 40.2 Å². The summed E-state index contributed by atoms with van der Waals surface area (Å²) in [5, 5.41) is 0. The van der Waals surface area contributed by atoms with Gasteiger partial charge in [0, 0.05) is 8.04 Å². The van der Waals surface area contributed by atoms with Crippen LogP contribution in [0.25, 0.3) is 0 Å². The molecule has 0 heterocycles. The smallest absolute Gasteiger partial charge is 0.0511 e. The van der Waals surface area contributed by atoms with Crippen molar-refractivity contribution in [1.82, 2.24) is 5.43 Å². The molecule has 100 valence electrons. The van der Waals surface area contributed by atoms with E-state index >= 15 is 0 Å². The van der Waals surface area contributed by atoms with Crippen LogP contribution in [0.15, 0.2) is 46.9 Å². The van der Waals surface area contributed by atoms with Gasteiger partial charge >= 0.3 is 0 Å². The molecule has 0 aliphatic carbocycles. The Morgan fingerprint density at radius 2 is 1.89 bits per heavy atom. The first-order valence-electron chi connectivity index (χ1n) is 6.07. The number of hydrazine groups is 1. The van der Waals surface area contributed by atoms with Gasteiger partial charge in [0.05, 0.1) is 6.04 Å². The van der Waals surface area contributed by atoms with E-state index in [0.717, 1.165) is 10.9 Å². The first kappa shape index (κ1) is 15.0. The van der Waals surface area contributed by atoms with Gasteiger partial charge in [0.25, 0.3) is 0 Å². The zero-order chi connectivity index (χ0) is 13.8. The lowest BCUT2D eigenvalue weighted by Crippen LogP contribution is -2.29. The Kier molecular flexibility index (Phi) is 5.38. The molecule has 0 amide bonds. The molecule has 0 saturated carbocycles. The van der Waals surface area contributed by atoms with Crippen molar-refractivity contribution in [2.75, 3.05) is 0 Å². The molecule has 1 unspecified atom stereocenters.